The highest BCUT2D eigenvalue weighted by Gasteiger charge is 2.18. The van der Waals surface area contributed by atoms with E-state index >= 15 is 0 Å². The van der Waals surface area contributed by atoms with Gasteiger partial charge in [0.2, 0.25) is 0 Å². The number of aromatic nitrogens is 6. The van der Waals surface area contributed by atoms with Crippen molar-refractivity contribution >= 4 is 16.4 Å². The lowest BCUT2D eigenvalue weighted by Gasteiger charge is -2.10. The highest BCUT2D eigenvalue weighted by molar-refractivity contribution is 5.91. The Labute approximate surface area is 171 Å². The van der Waals surface area contributed by atoms with Crippen LogP contribution < -0.4 is 11.1 Å². The van der Waals surface area contributed by atoms with E-state index in [1.165, 1.54) is 0 Å². The molecule has 4 aromatic heterocycles. The van der Waals surface area contributed by atoms with Gasteiger partial charge in [0.05, 0.1) is 28.7 Å². The summed E-state index contributed by atoms with van der Waals surface area (Å²) in [6.45, 7) is 2.00. The van der Waals surface area contributed by atoms with Gasteiger partial charge in [0.1, 0.15) is 5.65 Å². The van der Waals surface area contributed by atoms with E-state index in [-0.39, 0.29) is 11.1 Å². The number of rotatable bonds is 3. The number of aryl methyl sites for hydroxylation is 3. The van der Waals surface area contributed by atoms with E-state index in [4.69, 9.17) is 0 Å². The zero-order valence-electron chi connectivity index (χ0n) is 16.9. The molecule has 5 aromatic rings. The van der Waals surface area contributed by atoms with Crippen molar-refractivity contribution in [3.8, 4) is 22.5 Å². The molecule has 150 valence electrons. The fourth-order valence-electron chi connectivity index (χ4n) is 4.05. The fraction of sp³-hybridized carbons (Fsp3) is 0.182. The molecule has 0 saturated carbocycles. The number of H-pyrrole nitrogens is 1. The number of aromatic amines is 1. The lowest BCUT2D eigenvalue weighted by molar-refractivity contribution is 0.770. The summed E-state index contributed by atoms with van der Waals surface area (Å²) in [6.07, 6.45) is 4.25. The summed E-state index contributed by atoms with van der Waals surface area (Å²) in [4.78, 5) is 24.8. The smallest absolute Gasteiger partial charge is 0.272 e. The molecule has 0 aliphatic rings. The molecule has 8 nitrogen and oxygen atoms in total. The van der Waals surface area contributed by atoms with Crippen molar-refractivity contribution in [1.29, 1.82) is 0 Å². The molecule has 0 saturated heterocycles. The van der Waals surface area contributed by atoms with Gasteiger partial charge in [-0.05, 0) is 36.2 Å². The molecule has 0 aliphatic heterocycles. The number of nitrogens with one attached hydrogen (secondary N) is 1. The molecule has 4 heterocycles. The van der Waals surface area contributed by atoms with Crippen LogP contribution in [0.15, 0.2) is 58.4 Å². The summed E-state index contributed by atoms with van der Waals surface area (Å²) in [5.41, 5.74) is 4.71. The van der Waals surface area contributed by atoms with Crippen LogP contribution in [0.25, 0.3) is 38.9 Å². The first-order valence-corrected chi connectivity index (χ1v) is 9.70. The summed E-state index contributed by atoms with van der Waals surface area (Å²) >= 11 is 0. The van der Waals surface area contributed by atoms with Gasteiger partial charge < -0.3 is 4.57 Å². The van der Waals surface area contributed by atoms with E-state index < -0.39 is 0 Å². The molecule has 0 spiro atoms. The third-order valence-corrected chi connectivity index (χ3v) is 5.58. The van der Waals surface area contributed by atoms with Gasteiger partial charge in [0.15, 0.2) is 0 Å². The van der Waals surface area contributed by atoms with Gasteiger partial charge in [-0.15, -0.1) is 0 Å². The summed E-state index contributed by atoms with van der Waals surface area (Å²) in [5.74, 6) is 0. The Morgan fingerprint density at radius 2 is 1.87 bits per heavy atom. The van der Waals surface area contributed by atoms with Crippen LogP contribution in [0.2, 0.25) is 0 Å². The second kappa shape index (κ2) is 6.55. The van der Waals surface area contributed by atoms with Crippen molar-refractivity contribution in [3.05, 3.63) is 75.2 Å². The lowest BCUT2D eigenvalue weighted by Crippen LogP contribution is -2.16. The summed E-state index contributed by atoms with van der Waals surface area (Å²) < 4.78 is 5.36. The van der Waals surface area contributed by atoms with E-state index in [9.17, 15) is 9.59 Å². The van der Waals surface area contributed by atoms with Gasteiger partial charge in [-0.1, -0.05) is 13.0 Å². The van der Waals surface area contributed by atoms with E-state index in [1.807, 2.05) is 55.9 Å². The van der Waals surface area contributed by atoms with E-state index in [1.54, 1.807) is 27.5 Å². The molecule has 8 heteroatoms. The standard InChI is InChI=1S/C22H20N6O2/c1-4-17-15-11-13(5-6-14(15)22(30)25-24-17)16-12-23-27(3)21(16)18-7-8-19-26(2)10-9-20(29)28(18)19/h5-12H,4H2,1-3H3,(H,25,30). The molecule has 0 amide bonds. The van der Waals surface area contributed by atoms with E-state index in [2.05, 4.69) is 15.3 Å². The highest BCUT2D eigenvalue weighted by Crippen LogP contribution is 2.33. The van der Waals surface area contributed by atoms with Crippen LogP contribution in [0.3, 0.4) is 0 Å². The van der Waals surface area contributed by atoms with Crippen molar-refractivity contribution in [1.82, 2.24) is 28.9 Å². The molecule has 0 unspecified atom stereocenters. The third kappa shape index (κ3) is 2.53. The SMILES string of the molecule is CCc1n[nH]c(=O)c2ccc(-c3cnn(C)c3-c3ccc4n(C)ccc(=O)n34)cc12. The Balaban J connectivity index is 1.80. The Hall–Kier alpha value is -3.94. The molecular formula is C22H20N6O2. The van der Waals surface area contributed by atoms with Crippen LogP contribution >= 0.6 is 0 Å². The zero-order chi connectivity index (χ0) is 21.0. The van der Waals surface area contributed by atoms with Crippen LogP contribution in [0.5, 0.6) is 0 Å². The second-order valence-electron chi connectivity index (χ2n) is 7.32. The van der Waals surface area contributed by atoms with Crippen molar-refractivity contribution < 1.29 is 0 Å². The van der Waals surface area contributed by atoms with Crippen LogP contribution in [0.1, 0.15) is 12.6 Å². The fourth-order valence-corrected chi connectivity index (χ4v) is 4.05. The van der Waals surface area contributed by atoms with Gasteiger partial charge >= 0.3 is 0 Å². The van der Waals surface area contributed by atoms with Crippen molar-refractivity contribution in [3.63, 3.8) is 0 Å². The number of nitrogens with zero attached hydrogens (tertiary/aromatic N) is 5. The topological polar surface area (TPSA) is 90.0 Å². The van der Waals surface area contributed by atoms with Gasteiger partial charge in [-0.3, -0.25) is 18.7 Å². The van der Waals surface area contributed by atoms with Crippen LogP contribution in [0, 0.1) is 0 Å². The van der Waals surface area contributed by atoms with E-state index in [0.29, 0.717) is 11.8 Å². The average molecular weight is 400 g/mol. The molecule has 0 radical (unpaired) electrons. The first kappa shape index (κ1) is 18.1. The largest absolute Gasteiger partial charge is 0.337 e. The summed E-state index contributed by atoms with van der Waals surface area (Å²) in [5, 5.41) is 12.6. The quantitative estimate of drug-likeness (QED) is 0.504. The van der Waals surface area contributed by atoms with Crippen LogP contribution in [-0.2, 0) is 20.5 Å². The Morgan fingerprint density at radius 1 is 1.03 bits per heavy atom. The molecule has 1 aromatic carbocycles. The third-order valence-electron chi connectivity index (χ3n) is 5.58. The first-order valence-electron chi connectivity index (χ1n) is 9.70. The van der Waals surface area contributed by atoms with Gasteiger partial charge in [-0.2, -0.15) is 10.2 Å². The van der Waals surface area contributed by atoms with Crippen LogP contribution in [0.4, 0.5) is 0 Å². The van der Waals surface area contributed by atoms with Crippen LogP contribution in [-0.4, -0.2) is 28.9 Å². The molecule has 30 heavy (non-hydrogen) atoms. The highest BCUT2D eigenvalue weighted by atomic mass is 16.1. The Morgan fingerprint density at radius 3 is 2.67 bits per heavy atom. The number of hydrogen-bond donors (Lipinski definition) is 1. The maximum Gasteiger partial charge on any atom is 0.272 e. The predicted molar refractivity (Wildman–Crippen MR) is 116 cm³/mol. The maximum absolute atomic E-state index is 12.6. The minimum atomic E-state index is -0.207. The van der Waals surface area contributed by atoms with Gasteiger partial charge in [0.25, 0.3) is 11.1 Å². The minimum absolute atomic E-state index is 0.0993. The zero-order valence-corrected chi connectivity index (χ0v) is 16.9. The lowest BCUT2D eigenvalue weighted by atomic mass is 10.00. The molecule has 0 aliphatic carbocycles. The molecule has 1 N–H and O–H groups in total. The maximum atomic E-state index is 12.6. The number of hydrogen-bond acceptors (Lipinski definition) is 4. The molecule has 0 bridgehead atoms. The van der Waals surface area contributed by atoms with E-state index in [0.717, 1.165) is 39.2 Å². The first-order chi connectivity index (χ1) is 14.5. The van der Waals surface area contributed by atoms with Crippen molar-refractivity contribution in [2.24, 2.45) is 14.1 Å². The minimum Gasteiger partial charge on any atom is -0.337 e. The average Bonchev–Trinajstić information content (AvgIpc) is 3.35. The van der Waals surface area contributed by atoms with Gasteiger partial charge in [0, 0.05) is 37.3 Å². The monoisotopic (exact) mass is 400 g/mol. The molecule has 0 fully saturated rings. The number of benzene rings is 1. The Kier molecular flexibility index (Phi) is 3.95. The molecule has 0 atom stereocenters. The van der Waals surface area contributed by atoms with Crippen molar-refractivity contribution in [2.75, 3.05) is 0 Å². The Bertz CT molecular complexity index is 1550. The van der Waals surface area contributed by atoms with Crippen molar-refractivity contribution in [2.45, 2.75) is 13.3 Å². The summed E-state index contributed by atoms with van der Waals surface area (Å²) in [6, 6.07) is 11.1. The predicted octanol–water partition coefficient (Wildman–Crippen LogP) is 2.50. The van der Waals surface area contributed by atoms with Gasteiger partial charge in [-0.25, -0.2) is 5.10 Å². The molecule has 5 rings (SSSR count). The summed E-state index contributed by atoms with van der Waals surface area (Å²) in [7, 11) is 3.76. The second-order valence-corrected chi connectivity index (χ2v) is 7.32. The normalized spacial score (nSPS) is 11.6. The molecular weight excluding hydrogens is 380 g/mol. The number of fused-ring (bicyclic) bond motifs is 2.